The predicted octanol–water partition coefficient (Wildman–Crippen LogP) is 3.50. The van der Waals surface area contributed by atoms with Gasteiger partial charge in [0.2, 0.25) is 0 Å². The van der Waals surface area contributed by atoms with Crippen molar-refractivity contribution >= 4 is 29.1 Å². The van der Waals surface area contributed by atoms with Crippen LogP contribution in [0, 0.1) is 0 Å². The van der Waals surface area contributed by atoms with E-state index in [0.717, 1.165) is 5.82 Å². The second-order valence-corrected chi connectivity index (χ2v) is 5.98. The fraction of sp³-hybridized carbons (Fsp3) is 0.333. The zero-order chi connectivity index (χ0) is 14.8. The van der Waals surface area contributed by atoms with Gasteiger partial charge in [0, 0.05) is 36.4 Å². The Kier molecular flexibility index (Phi) is 4.17. The van der Waals surface area contributed by atoms with Gasteiger partial charge in [-0.3, -0.25) is 4.79 Å². The number of halogens is 2. The highest BCUT2D eigenvalue weighted by atomic mass is 35.5. The molecule has 6 heteroatoms. The van der Waals surface area contributed by atoms with Gasteiger partial charge in [-0.15, -0.1) is 0 Å². The molecule has 0 saturated heterocycles. The molecule has 0 aliphatic heterocycles. The Bertz CT molecular complexity index is 665. The Balaban J connectivity index is 1.57. The maximum atomic E-state index is 12.1. The average molecular weight is 324 g/mol. The van der Waals surface area contributed by atoms with Crippen LogP contribution in [0.3, 0.4) is 0 Å². The molecule has 1 heterocycles. The largest absolute Gasteiger partial charge is 0.350 e. The lowest BCUT2D eigenvalue weighted by Gasteiger charge is -2.09. The van der Waals surface area contributed by atoms with E-state index >= 15 is 0 Å². The number of carbonyl (C=O) groups is 1. The topological polar surface area (TPSA) is 46.9 Å². The summed E-state index contributed by atoms with van der Waals surface area (Å²) >= 11 is 11.8. The van der Waals surface area contributed by atoms with Gasteiger partial charge in [-0.05, 0) is 31.0 Å². The van der Waals surface area contributed by atoms with E-state index in [2.05, 4.69) is 14.9 Å². The number of imidazole rings is 1. The number of aromatic nitrogens is 2. The molecule has 1 fully saturated rings. The van der Waals surface area contributed by atoms with Crippen LogP contribution in [-0.2, 0) is 6.54 Å². The van der Waals surface area contributed by atoms with E-state index in [1.54, 1.807) is 18.2 Å². The van der Waals surface area contributed by atoms with Crippen molar-refractivity contribution in [2.24, 2.45) is 0 Å². The molecule has 1 N–H and O–H groups in total. The number of carbonyl (C=O) groups excluding carboxylic acids is 1. The van der Waals surface area contributed by atoms with Gasteiger partial charge in [0.05, 0.1) is 10.6 Å². The summed E-state index contributed by atoms with van der Waals surface area (Å²) in [5.41, 5.74) is 0.439. The fourth-order valence-corrected chi connectivity index (χ4v) is 2.76. The SMILES string of the molecule is O=C(NCCn1ccnc1C1CC1)c1ccc(Cl)cc1Cl. The highest BCUT2D eigenvalue weighted by Gasteiger charge is 2.27. The molecule has 21 heavy (non-hydrogen) atoms. The van der Waals surface area contributed by atoms with Crippen LogP contribution >= 0.6 is 23.2 Å². The number of amides is 1. The summed E-state index contributed by atoms with van der Waals surface area (Å²) in [5.74, 6) is 1.53. The summed E-state index contributed by atoms with van der Waals surface area (Å²) in [6.07, 6.45) is 6.19. The third-order valence-corrected chi connectivity index (χ3v) is 4.05. The first-order valence-corrected chi connectivity index (χ1v) is 7.65. The molecule has 1 aromatic heterocycles. The molecule has 0 bridgehead atoms. The van der Waals surface area contributed by atoms with Crippen molar-refractivity contribution in [1.82, 2.24) is 14.9 Å². The molecule has 1 amide bonds. The first-order chi connectivity index (χ1) is 10.1. The number of hydrogen-bond acceptors (Lipinski definition) is 2. The molecule has 4 nitrogen and oxygen atoms in total. The van der Waals surface area contributed by atoms with Crippen molar-refractivity contribution in [3.05, 3.63) is 52.0 Å². The molecule has 0 unspecified atom stereocenters. The van der Waals surface area contributed by atoms with Gasteiger partial charge in [-0.2, -0.15) is 0 Å². The van der Waals surface area contributed by atoms with Crippen molar-refractivity contribution in [3.63, 3.8) is 0 Å². The highest BCUT2D eigenvalue weighted by Crippen LogP contribution is 2.38. The molecule has 1 aromatic carbocycles. The van der Waals surface area contributed by atoms with E-state index < -0.39 is 0 Å². The molecule has 1 saturated carbocycles. The van der Waals surface area contributed by atoms with Crippen LogP contribution in [0.1, 0.15) is 34.9 Å². The third kappa shape index (κ3) is 3.39. The second-order valence-electron chi connectivity index (χ2n) is 5.13. The van der Waals surface area contributed by atoms with Gasteiger partial charge >= 0.3 is 0 Å². The Hall–Kier alpha value is -1.52. The molecule has 1 aliphatic rings. The van der Waals surface area contributed by atoms with E-state index in [1.807, 2.05) is 12.4 Å². The zero-order valence-corrected chi connectivity index (χ0v) is 12.9. The Morgan fingerprint density at radius 2 is 2.19 bits per heavy atom. The van der Waals surface area contributed by atoms with E-state index in [0.29, 0.717) is 34.6 Å². The number of nitrogens with one attached hydrogen (secondary N) is 1. The number of hydrogen-bond donors (Lipinski definition) is 1. The summed E-state index contributed by atoms with van der Waals surface area (Å²) in [6.45, 7) is 1.25. The van der Waals surface area contributed by atoms with E-state index in [9.17, 15) is 4.79 Å². The minimum Gasteiger partial charge on any atom is -0.350 e. The average Bonchev–Trinajstić information content (AvgIpc) is 3.18. The Morgan fingerprint density at radius 1 is 1.38 bits per heavy atom. The minimum absolute atomic E-state index is 0.190. The maximum Gasteiger partial charge on any atom is 0.252 e. The predicted molar refractivity (Wildman–Crippen MR) is 83.0 cm³/mol. The lowest BCUT2D eigenvalue weighted by atomic mass is 10.2. The van der Waals surface area contributed by atoms with Crippen LogP contribution in [0.2, 0.25) is 10.0 Å². The van der Waals surface area contributed by atoms with Gasteiger partial charge in [0.15, 0.2) is 0 Å². The van der Waals surface area contributed by atoms with Gasteiger partial charge < -0.3 is 9.88 Å². The standard InChI is InChI=1S/C15H15Cl2N3O/c16-11-3-4-12(13(17)9-11)15(21)19-6-8-20-7-5-18-14(20)10-1-2-10/h3-5,7,9-10H,1-2,6,8H2,(H,19,21). The van der Waals surface area contributed by atoms with Crippen LogP contribution in [-0.4, -0.2) is 22.0 Å². The van der Waals surface area contributed by atoms with Gasteiger partial charge in [-0.25, -0.2) is 4.98 Å². The third-order valence-electron chi connectivity index (χ3n) is 3.50. The summed E-state index contributed by atoms with van der Waals surface area (Å²) in [5, 5.41) is 3.75. The van der Waals surface area contributed by atoms with Crippen LogP contribution in [0.15, 0.2) is 30.6 Å². The molecule has 0 spiro atoms. The van der Waals surface area contributed by atoms with Crippen molar-refractivity contribution < 1.29 is 4.79 Å². The van der Waals surface area contributed by atoms with Crippen molar-refractivity contribution in [2.75, 3.05) is 6.54 Å². The summed E-state index contributed by atoms with van der Waals surface area (Å²) in [6, 6.07) is 4.86. The molecule has 0 radical (unpaired) electrons. The quantitative estimate of drug-likeness (QED) is 0.915. The van der Waals surface area contributed by atoms with E-state index in [-0.39, 0.29) is 5.91 Å². The lowest BCUT2D eigenvalue weighted by molar-refractivity contribution is 0.0952. The lowest BCUT2D eigenvalue weighted by Crippen LogP contribution is -2.27. The van der Waals surface area contributed by atoms with Crippen LogP contribution in [0.5, 0.6) is 0 Å². The maximum absolute atomic E-state index is 12.1. The molecule has 2 aromatic rings. The monoisotopic (exact) mass is 323 g/mol. The first-order valence-electron chi connectivity index (χ1n) is 6.89. The number of nitrogens with zero attached hydrogens (tertiary/aromatic N) is 2. The second kappa shape index (κ2) is 6.08. The Labute approximate surface area is 133 Å². The van der Waals surface area contributed by atoms with Crippen LogP contribution < -0.4 is 5.32 Å². The van der Waals surface area contributed by atoms with Gasteiger partial charge in [-0.1, -0.05) is 23.2 Å². The highest BCUT2D eigenvalue weighted by molar-refractivity contribution is 6.36. The summed E-state index contributed by atoms with van der Waals surface area (Å²) < 4.78 is 2.10. The normalized spacial score (nSPS) is 14.2. The smallest absolute Gasteiger partial charge is 0.252 e. The van der Waals surface area contributed by atoms with Crippen LogP contribution in [0.4, 0.5) is 0 Å². The molecule has 3 rings (SSSR count). The number of rotatable bonds is 5. The van der Waals surface area contributed by atoms with Crippen molar-refractivity contribution in [2.45, 2.75) is 25.3 Å². The molecule has 0 atom stereocenters. The van der Waals surface area contributed by atoms with Gasteiger partial charge in [0.25, 0.3) is 5.91 Å². The number of benzene rings is 1. The minimum atomic E-state index is -0.190. The molecule has 110 valence electrons. The van der Waals surface area contributed by atoms with Crippen molar-refractivity contribution in [3.8, 4) is 0 Å². The first kappa shape index (κ1) is 14.4. The molecular weight excluding hydrogens is 309 g/mol. The molecule has 1 aliphatic carbocycles. The van der Waals surface area contributed by atoms with Crippen LogP contribution in [0.25, 0.3) is 0 Å². The summed E-state index contributed by atoms with van der Waals surface area (Å²) in [4.78, 5) is 16.4. The Morgan fingerprint density at radius 3 is 2.90 bits per heavy atom. The van der Waals surface area contributed by atoms with Crippen molar-refractivity contribution in [1.29, 1.82) is 0 Å². The van der Waals surface area contributed by atoms with E-state index in [4.69, 9.17) is 23.2 Å². The summed E-state index contributed by atoms with van der Waals surface area (Å²) in [7, 11) is 0. The molecular formula is C15H15Cl2N3O. The fourth-order valence-electron chi connectivity index (χ4n) is 2.27. The van der Waals surface area contributed by atoms with Gasteiger partial charge in [0.1, 0.15) is 5.82 Å². The zero-order valence-electron chi connectivity index (χ0n) is 11.4. The van der Waals surface area contributed by atoms with E-state index in [1.165, 1.54) is 12.8 Å².